The number of rotatable bonds is 4. The van der Waals surface area contributed by atoms with Crippen LogP contribution in [-0.2, 0) is 0 Å². The van der Waals surface area contributed by atoms with Gasteiger partial charge in [-0.25, -0.2) is 4.98 Å². The first-order valence-electron chi connectivity index (χ1n) is 5.13. The van der Waals surface area contributed by atoms with Crippen molar-refractivity contribution in [3.05, 3.63) is 45.9 Å². The molecular formula is C12H12ClNOS2. The maximum Gasteiger partial charge on any atom is 0.150 e. The van der Waals surface area contributed by atoms with Crippen LogP contribution in [0.15, 0.2) is 34.0 Å². The molecular weight excluding hydrogens is 274 g/mol. The number of aryl methyl sites for hydroxylation is 1. The highest BCUT2D eigenvalue weighted by Crippen LogP contribution is 2.28. The van der Waals surface area contributed by atoms with E-state index in [9.17, 15) is 5.11 Å². The van der Waals surface area contributed by atoms with Gasteiger partial charge in [0, 0.05) is 21.8 Å². The zero-order valence-electron chi connectivity index (χ0n) is 9.26. The molecule has 5 heteroatoms. The van der Waals surface area contributed by atoms with E-state index in [1.165, 1.54) is 0 Å². The van der Waals surface area contributed by atoms with Gasteiger partial charge in [0.1, 0.15) is 4.34 Å². The van der Waals surface area contributed by atoms with Crippen molar-refractivity contribution in [2.24, 2.45) is 0 Å². The number of aliphatic hydroxyl groups is 1. The zero-order valence-corrected chi connectivity index (χ0v) is 11.6. The third kappa shape index (κ3) is 3.71. The van der Waals surface area contributed by atoms with Gasteiger partial charge in [-0.05, 0) is 24.6 Å². The lowest BCUT2D eigenvalue weighted by Gasteiger charge is -2.09. The Morgan fingerprint density at radius 2 is 2.35 bits per heavy atom. The number of aromatic nitrogens is 1. The molecule has 0 saturated heterocycles. The Morgan fingerprint density at radius 3 is 3.00 bits per heavy atom. The van der Waals surface area contributed by atoms with Crippen LogP contribution in [0.25, 0.3) is 0 Å². The van der Waals surface area contributed by atoms with Crippen molar-refractivity contribution in [2.75, 3.05) is 5.75 Å². The molecule has 1 heterocycles. The van der Waals surface area contributed by atoms with Crippen molar-refractivity contribution >= 4 is 34.7 Å². The van der Waals surface area contributed by atoms with Crippen LogP contribution in [0.2, 0.25) is 5.02 Å². The predicted molar refractivity (Wildman–Crippen MR) is 74.0 cm³/mol. The predicted octanol–water partition coefficient (Wildman–Crippen LogP) is 3.93. The second kappa shape index (κ2) is 5.87. The van der Waals surface area contributed by atoms with Gasteiger partial charge in [-0.2, -0.15) is 0 Å². The van der Waals surface area contributed by atoms with Gasteiger partial charge in [-0.1, -0.05) is 35.5 Å². The van der Waals surface area contributed by atoms with Crippen LogP contribution >= 0.6 is 34.7 Å². The number of aliphatic hydroxyl groups excluding tert-OH is 1. The summed E-state index contributed by atoms with van der Waals surface area (Å²) in [5.74, 6) is 0.591. The summed E-state index contributed by atoms with van der Waals surface area (Å²) in [7, 11) is 0. The Hall–Kier alpha value is -0.550. The number of hydrogen-bond acceptors (Lipinski definition) is 4. The van der Waals surface area contributed by atoms with Gasteiger partial charge in [-0.3, -0.25) is 0 Å². The van der Waals surface area contributed by atoms with Crippen molar-refractivity contribution < 1.29 is 5.11 Å². The van der Waals surface area contributed by atoms with Gasteiger partial charge < -0.3 is 5.11 Å². The SMILES string of the molecule is Cc1csc(SCC(O)c2cccc(Cl)c2)n1. The van der Waals surface area contributed by atoms with E-state index in [1.54, 1.807) is 35.2 Å². The fraction of sp³-hybridized carbons (Fsp3) is 0.250. The maximum absolute atomic E-state index is 10.0. The van der Waals surface area contributed by atoms with Gasteiger partial charge in [0.25, 0.3) is 0 Å². The monoisotopic (exact) mass is 285 g/mol. The highest BCUT2D eigenvalue weighted by Gasteiger charge is 2.09. The second-order valence-electron chi connectivity index (χ2n) is 3.64. The van der Waals surface area contributed by atoms with Gasteiger partial charge in [0.05, 0.1) is 6.10 Å². The van der Waals surface area contributed by atoms with Crippen molar-refractivity contribution in [1.29, 1.82) is 0 Å². The average molecular weight is 286 g/mol. The van der Waals surface area contributed by atoms with Crippen molar-refractivity contribution in [3.63, 3.8) is 0 Å². The number of thiazole rings is 1. The van der Waals surface area contributed by atoms with Crippen molar-refractivity contribution in [1.82, 2.24) is 4.98 Å². The highest BCUT2D eigenvalue weighted by atomic mass is 35.5. The van der Waals surface area contributed by atoms with E-state index < -0.39 is 6.10 Å². The first-order chi connectivity index (χ1) is 8.15. The fourth-order valence-electron chi connectivity index (χ4n) is 1.36. The molecule has 0 bridgehead atoms. The minimum Gasteiger partial charge on any atom is -0.388 e. The van der Waals surface area contributed by atoms with E-state index in [0.29, 0.717) is 10.8 Å². The van der Waals surface area contributed by atoms with Crippen molar-refractivity contribution in [3.8, 4) is 0 Å². The number of benzene rings is 1. The molecule has 17 heavy (non-hydrogen) atoms. The van der Waals surface area contributed by atoms with Crippen LogP contribution in [-0.4, -0.2) is 15.8 Å². The standard InChI is InChI=1S/C12H12ClNOS2/c1-8-6-16-12(14-8)17-7-11(15)9-3-2-4-10(13)5-9/h2-6,11,15H,7H2,1H3. The summed E-state index contributed by atoms with van der Waals surface area (Å²) in [5, 5.41) is 12.7. The lowest BCUT2D eigenvalue weighted by Crippen LogP contribution is -2.00. The quantitative estimate of drug-likeness (QED) is 0.864. The Balaban J connectivity index is 1.95. The lowest BCUT2D eigenvalue weighted by atomic mass is 10.1. The van der Waals surface area contributed by atoms with Crippen molar-refractivity contribution in [2.45, 2.75) is 17.4 Å². The summed E-state index contributed by atoms with van der Waals surface area (Å²) >= 11 is 9.05. The molecule has 1 aromatic heterocycles. The molecule has 0 fully saturated rings. The summed E-state index contributed by atoms with van der Waals surface area (Å²) in [6, 6.07) is 7.32. The van der Waals surface area contributed by atoms with Crippen LogP contribution in [0.4, 0.5) is 0 Å². The van der Waals surface area contributed by atoms with Gasteiger partial charge in [0.15, 0.2) is 0 Å². The number of thioether (sulfide) groups is 1. The third-order valence-electron chi connectivity index (χ3n) is 2.20. The first kappa shape index (κ1) is 12.9. The molecule has 90 valence electrons. The Morgan fingerprint density at radius 1 is 1.53 bits per heavy atom. The maximum atomic E-state index is 10.0. The smallest absolute Gasteiger partial charge is 0.150 e. The molecule has 0 radical (unpaired) electrons. The van der Waals surface area contributed by atoms with Crippen LogP contribution in [0, 0.1) is 6.92 Å². The van der Waals surface area contributed by atoms with Gasteiger partial charge in [-0.15, -0.1) is 11.3 Å². The minimum atomic E-state index is -0.511. The Bertz CT molecular complexity index is 501. The molecule has 0 spiro atoms. The minimum absolute atomic E-state index is 0.511. The highest BCUT2D eigenvalue weighted by molar-refractivity contribution is 8.01. The first-order valence-corrected chi connectivity index (χ1v) is 7.38. The fourth-order valence-corrected chi connectivity index (χ4v) is 3.40. The van der Waals surface area contributed by atoms with Crippen LogP contribution in [0.1, 0.15) is 17.4 Å². The van der Waals surface area contributed by atoms with Crippen LogP contribution in [0.5, 0.6) is 0 Å². The molecule has 1 atom stereocenters. The van der Waals surface area contributed by atoms with Gasteiger partial charge in [0.2, 0.25) is 0 Å². The molecule has 0 aliphatic heterocycles. The molecule has 0 aliphatic rings. The molecule has 1 unspecified atom stereocenters. The number of nitrogens with zero attached hydrogens (tertiary/aromatic N) is 1. The molecule has 2 nitrogen and oxygen atoms in total. The summed E-state index contributed by atoms with van der Waals surface area (Å²) in [5.41, 5.74) is 1.87. The average Bonchev–Trinajstić information content (AvgIpc) is 2.72. The largest absolute Gasteiger partial charge is 0.388 e. The normalized spacial score (nSPS) is 12.6. The van der Waals surface area contributed by atoms with E-state index in [-0.39, 0.29) is 0 Å². The molecule has 1 N–H and O–H groups in total. The van der Waals surface area contributed by atoms with E-state index in [0.717, 1.165) is 15.6 Å². The Kier molecular flexibility index (Phi) is 4.45. The van der Waals surface area contributed by atoms with Gasteiger partial charge >= 0.3 is 0 Å². The van der Waals surface area contributed by atoms with Crippen LogP contribution < -0.4 is 0 Å². The summed E-state index contributed by atoms with van der Waals surface area (Å²) < 4.78 is 0.989. The van der Waals surface area contributed by atoms with E-state index >= 15 is 0 Å². The van der Waals surface area contributed by atoms with Crippen LogP contribution in [0.3, 0.4) is 0 Å². The zero-order chi connectivity index (χ0) is 12.3. The van der Waals surface area contributed by atoms with E-state index in [1.807, 2.05) is 24.4 Å². The summed E-state index contributed by atoms with van der Waals surface area (Å²) in [4.78, 5) is 4.34. The molecule has 0 aliphatic carbocycles. The molecule has 2 rings (SSSR count). The second-order valence-corrected chi connectivity index (χ2v) is 6.20. The summed E-state index contributed by atoms with van der Waals surface area (Å²) in [6.45, 7) is 1.97. The number of halogens is 1. The third-order valence-corrected chi connectivity index (χ3v) is 4.65. The lowest BCUT2D eigenvalue weighted by molar-refractivity contribution is 0.204. The molecule has 2 aromatic rings. The molecule has 1 aromatic carbocycles. The molecule has 0 saturated carbocycles. The summed E-state index contributed by atoms with van der Waals surface area (Å²) in [6.07, 6.45) is -0.511. The van der Waals surface area contributed by atoms with E-state index in [2.05, 4.69) is 4.98 Å². The number of hydrogen-bond donors (Lipinski definition) is 1. The molecule has 0 amide bonds. The Labute approximate surface area is 114 Å². The van der Waals surface area contributed by atoms with E-state index in [4.69, 9.17) is 11.6 Å². The topological polar surface area (TPSA) is 33.1 Å².